The highest BCUT2D eigenvalue weighted by Gasteiger charge is 2.13. The molecule has 1 atom stereocenters. The molecule has 0 fully saturated rings. The lowest BCUT2D eigenvalue weighted by Gasteiger charge is -1.96. The molecule has 16 heavy (non-hydrogen) atoms. The van der Waals surface area contributed by atoms with Gasteiger partial charge >= 0.3 is 0 Å². The predicted molar refractivity (Wildman–Crippen MR) is 58.0 cm³/mol. The largest absolute Gasteiger partial charge is 0.385 e. The Balaban J connectivity index is 2.39. The summed E-state index contributed by atoms with van der Waals surface area (Å²) in [7, 11) is 0. The SMILES string of the molecule is CC(O)c1noc(-c2ccc(F)c(Br)c2)n1. The number of aromatic nitrogens is 2. The van der Waals surface area contributed by atoms with E-state index in [0.717, 1.165) is 0 Å². The van der Waals surface area contributed by atoms with Crippen LogP contribution in [-0.4, -0.2) is 15.2 Å². The lowest BCUT2D eigenvalue weighted by molar-refractivity contribution is 0.184. The Morgan fingerprint density at radius 2 is 2.25 bits per heavy atom. The molecule has 1 heterocycles. The molecule has 2 rings (SSSR count). The van der Waals surface area contributed by atoms with Gasteiger partial charge in [-0.15, -0.1) is 0 Å². The van der Waals surface area contributed by atoms with Gasteiger partial charge in [-0.05, 0) is 41.1 Å². The molecule has 0 radical (unpaired) electrons. The summed E-state index contributed by atoms with van der Waals surface area (Å²) >= 11 is 3.06. The number of rotatable bonds is 2. The van der Waals surface area contributed by atoms with Gasteiger partial charge in [0, 0.05) is 5.56 Å². The van der Waals surface area contributed by atoms with E-state index in [1.54, 1.807) is 0 Å². The summed E-state index contributed by atoms with van der Waals surface area (Å²) < 4.78 is 18.3. The van der Waals surface area contributed by atoms with Crippen molar-refractivity contribution in [1.82, 2.24) is 10.1 Å². The summed E-state index contributed by atoms with van der Waals surface area (Å²) in [5.74, 6) is 0.0889. The second-order valence-corrected chi connectivity index (χ2v) is 4.12. The van der Waals surface area contributed by atoms with Crippen molar-refractivity contribution in [1.29, 1.82) is 0 Å². The summed E-state index contributed by atoms with van der Waals surface area (Å²) in [4.78, 5) is 3.98. The smallest absolute Gasteiger partial charge is 0.258 e. The highest BCUT2D eigenvalue weighted by atomic mass is 79.9. The molecule has 0 saturated heterocycles. The van der Waals surface area contributed by atoms with Crippen molar-refractivity contribution in [2.24, 2.45) is 0 Å². The molecule has 0 aliphatic heterocycles. The molecule has 0 spiro atoms. The van der Waals surface area contributed by atoms with E-state index < -0.39 is 6.10 Å². The van der Waals surface area contributed by atoms with Crippen LogP contribution in [-0.2, 0) is 0 Å². The van der Waals surface area contributed by atoms with Gasteiger partial charge in [0.25, 0.3) is 5.89 Å². The number of halogens is 2. The summed E-state index contributed by atoms with van der Waals surface area (Å²) in [6.45, 7) is 1.54. The third kappa shape index (κ3) is 2.12. The second-order valence-electron chi connectivity index (χ2n) is 3.26. The quantitative estimate of drug-likeness (QED) is 0.922. The van der Waals surface area contributed by atoms with Crippen molar-refractivity contribution < 1.29 is 14.0 Å². The zero-order valence-electron chi connectivity index (χ0n) is 8.32. The van der Waals surface area contributed by atoms with Crippen LogP contribution in [0.15, 0.2) is 27.2 Å². The van der Waals surface area contributed by atoms with Gasteiger partial charge in [-0.1, -0.05) is 5.16 Å². The van der Waals surface area contributed by atoms with Gasteiger partial charge in [-0.25, -0.2) is 4.39 Å². The molecule has 4 nitrogen and oxygen atoms in total. The molecule has 84 valence electrons. The summed E-state index contributed by atoms with van der Waals surface area (Å²) in [6, 6.07) is 4.36. The van der Waals surface area contributed by atoms with Crippen molar-refractivity contribution in [2.45, 2.75) is 13.0 Å². The molecule has 6 heteroatoms. The fourth-order valence-corrected chi connectivity index (χ4v) is 1.53. The summed E-state index contributed by atoms with van der Waals surface area (Å²) in [5, 5.41) is 12.8. The Hall–Kier alpha value is -1.27. The maximum absolute atomic E-state index is 13.0. The van der Waals surface area contributed by atoms with Crippen LogP contribution >= 0.6 is 15.9 Å². The molecular weight excluding hydrogens is 279 g/mol. The van der Waals surface area contributed by atoms with E-state index in [1.807, 2.05) is 0 Å². The van der Waals surface area contributed by atoms with Gasteiger partial charge in [0.05, 0.1) is 4.47 Å². The second kappa shape index (κ2) is 4.31. The molecule has 0 aliphatic carbocycles. The van der Waals surface area contributed by atoms with Crippen molar-refractivity contribution in [3.63, 3.8) is 0 Å². The highest BCUT2D eigenvalue weighted by Crippen LogP contribution is 2.24. The molecule has 1 N–H and O–H groups in total. The highest BCUT2D eigenvalue weighted by molar-refractivity contribution is 9.10. The van der Waals surface area contributed by atoms with Crippen LogP contribution in [0.5, 0.6) is 0 Å². The molecule has 0 aliphatic rings. The number of aliphatic hydroxyl groups excluding tert-OH is 1. The average molecular weight is 287 g/mol. The van der Waals surface area contributed by atoms with Crippen LogP contribution in [0.3, 0.4) is 0 Å². The monoisotopic (exact) mass is 286 g/mol. The Bertz CT molecular complexity index is 513. The Morgan fingerprint density at radius 3 is 2.81 bits per heavy atom. The Labute approximate surface area is 99.2 Å². The molecule has 0 bridgehead atoms. The van der Waals surface area contributed by atoms with Crippen LogP contribution in [0.4, 0.5) is 4.39 Å². The summed E-state index contributed by atoms with van der Waals surface area (Å²) in [5.41, 5.74) is 0.590. The van der Waals surface area contributed by atoms with Crippen molar-refractivity contribution in [3.8, 4) is 11.5 Å². The number of aliphatic hydroxyl groups is 1. The zero-order chi connectivity index (χ0) is 11.7. The van der Waals surface area contributed by atoms with Crippen LogP contribution in [0.2, 0.25) is 0 Å². The molecule has 0 saturated carbocycles. The molecule has 1 aromatic carbocycles. The Morgan fingerprint density at radius 1 is 1.50 bits per heavy atom. The minimum atomic E-state index is -0.790. The van der Waals surface area contributed by atoms with E-state index in [-0.39, 0.29) is 17.5 Å². The van der Waals surface area contributed by atoms with Crippen molar-refractivity contribution in [2.75, 3.05) is 0 Å². The van der Waals surface area contributed by atoms with Gasteiger partial charge < -0.3 is 9.63 Å². The first-order valence-electron chi connectivity index (χ1n) is 4.55. The van der Waals surface area contributed by atoms with Gasteiger partial charge in [0.15, 0.2) is 5.82 Å². The lowest BCUT2D eigenvalue weighted by Crippen LogP contribution is -1.93. The molecule has 1 unspecified atom stereocenters. The van der Waals surface area contributed by atoms with E-state index in [1.165, 1.54) is 25.1 Å². The van der Waals surface area contributed by atoms with E-state index in [0.29, 0.717) is 10.0 Å². The minimum absolute atomic E-state index is 0.204. The van der Waals surface area contributed by atoms with E-state index >= 15 is 0 Å². The molecule has 1 aromatic heterocycles. The topological polar surface area (TPSA) is 59.2 Å². The first kappa shape index (κ1) is 11.2. The van der Waals surface area contributed by atoms with Crippen LogP contribution in [0, 0.1) is 5.82 Å². The molecule has 0 amide bonds. The van der Waals surface area contributed by atoms with Gasteiger partial charge in [0.2, 0.25) is 0 Å². The predicted octanol–water partition coefficient (Wildman–Crippen LogP) is 2.69. The third-order valence-corrected chi connectivity index (χ3v) is 2.59. The maximum atomic E-state index is 13.0. The van der Waals surface area contributed by atoms with E-state index in [4.69, 9.17) is 4.52 Å². The fraction of sp³-hybridized carbons (Fsp3) is 0.200. The minimum Gasteiger partial charge on any atom is -0.385 e. The first-order valence-corrected chi connectivity index (χ1v) is 5.34. The fourth-order valence-electron chi connectivity index (χ4n) is 1.15. The third-order valence-electron chi connectivity index (χ3n) is 1.98. The molecule has 2 aromatic rings. The first-order chi connectivity index (χ1) is 7.58. The number of hydrogen-bond acceptors (Lipinski definition) is 4. The van der Waals surface area contributed by atoms with Gasteiger partial charge in [-0.2, -0.15) is 4.98 Å². The van der Waals surface area contributed by atoms with Crippen LogP contribution in [0.1, 0.15) is 18.9 Å². The number of hydrogen-bond donors (Lipinski definition) is 1. The summed E-state index contributed by atoms with van der Waals surface area (Å²) in [6.07, 6.45) is -0.790. The van der Waals surface area contributed by atoms with Crippen molar-refractivity contribution in [3.05, 3.63) is 34.3 Å². The normalized spacial score (nSPS) is 12.8. The maximum Gasteiger partial charge on any atom is 0.258 e. The number of benzene rings is 1. The molecular formula is C10H8BrFN2O2. The van der Waals surface area contributed by atoms with Gasteiger partial charge in [-0.3, -0.25) is 0 Å². The van der Waals surface area contributed by atoms with Gasteiger partial charge in [0.1, 0.15) is 11.9 Å². The van der Waals surface area contributed by atoms with Crippen molar-refractivity contribution >= 4 is 15.9 Å². The number of nitrogens with zero attached hydrogens (tertiary/aromatic N) is 2. The zero-order valence-corrected chi connectivity index (χ0v) is 9.90. The van der Waals surface area contributed by atoms with Crippen LogP contribution < -0.4 is 0 Å². The lowest BCUT2D eigenvalue weighted by atomic mass is 10.2. The Kier molecular flexibility index (Phi) is 3.02. The average Bonchev–Trinajstić information content (AvgIpc) is 2.71. The van der Waals surface area contributed by atoms with Crippen LogP contribution in [0.25, 0.3) is 11.5 Å². The van der Waals surface area contributed by atoms with E-state index in [2.05, 4.69) is 26.1 Å². The van der Waals surface area contributed by atoms with E-state index in [9.17, 15) is 9.50 Å². The standard InChI is InChI=1S/C10H8BrFN2O2/c1-5(15)9-13-10(16-14-9)6-2-3-8(12)7(11)4-6/h2-5,15H,1H3.